The molecular formula is C12H17N3O3. The zero-order valence-electron chi connectivity index (χ0n) is 10.3. The van der Waals surface area contributed by atoms with E-state index in [0.29, 0.717) is 31.9 Å². The molecule has 0 aromatic carbocycles. The summed E-state index contributed by atoms with van der Waals surface area (Å²) in [4.78, 5) is 25.5. The summed E-state index contributed by atoms with van der Waals surface area (Å²) in [6.07, 6.45) is 1.59. The van der Waals surface area contributed by atoms with Gasteiger partial charge in [0.25, 0.3) is 11.5 Å². The number of carbonyl (C=O) groups is 1. The van der Waals surface area contributed by atoms with Crippen LogP contribution in [0.25, 0.3) is 0 Å². The molecule has 1 atom stereocenters. The monoisotopic (exact) mass is 251 g/mol. The molecule has 0 bridgehead atoms. The summed E-state index contributed by atoms with van der Waals surface area (Å²) in [6, 6.07) is 2.88. The van der Waals surface area contributed by atoms with Crippen molar-refractivity contribution in [1.29, 1.82) is 0 Å². The fourth-order valence-corrected chi connectivity index (χ4v) is 1.96. The number of morpholine rings is 1. The summed E-state index contributed by atoms with van der Waals surface area (Å²) in [5.74, 6) is -0.161. The predicted molar refractivity (Wildman–Crippen MR) is 66.4 cm³/mol. The highest BCUT2D eigenvalue weighted by molar-refractivity contribution is 5.94. The van der Waals surface area contributed by atoms with Crippen molar-refractivity contribution in [3.63, 3.8) is 0 Å². The number of ether oxygens (including phenoxy) is 1. The van der Waals surface area contributed by atoms with Crippen LogP contribution in [0.1, 0.15) is 10.4 Å². The van der Waals surface area contributed by atoms with Crippen molar-refractivity contribution in [2.24, 2.45) is 12.8 Å². The maximum absolute atomic E-state index is 12.3. The van der Waals surface area contributed by atoms with E-state index in [0.717, 1.165) is 0 Å². The molecule has 1 amide bonds. The molecule has 98 valence electrons. The number of carbonyl (C=O) groups excluding carboxylic acids is 1. The fourth-order valence-electron chi connectivity index (χ4n) is 1.96. The van der Waals surface area contributed by atoms with Crippen LogP contribution in [0.3, 0.4) is 0 Å². The molecule has 2 heterocycles. The first kappa shape index (κ1) is 12.8. The van der Waals surface area contributed by atoms with Crippen LogP contribution in [0, 0.1) is 0 Å². The van der Waals surface area contributed by atoms with E-state index in [1.165, 1.54) is 10.6 Å². The first-order chi connectivity index (χ1) is 8.63. The minimum Gasteiger partial charge on any atom is -0.377 e. The van der Waals surface area contributed by atoms with E-state index in [9.17, 15) is 9.59 Å². The Bertz CT molecular complexity index is 498. The Balaban J connectivity index is 2.24. The average molecular weight is 251 g/mol. The highest BCUT2D eigenvalue weighted by Gasteiger charge is 2.27. The minimum absolute atomic E-state index is 0.115. The van der Waals surface area contributed by atoms with Gasteiger partial charge in [0.05, 0.1) is 19.3 Å². The first-order valence-corrected chi connectivity index (χ1v) is 5.89. The first-order valence-electron chi connectivity index (χ1n) is 5.89. The number of hydrogen-bond acceptors (Lipinski definition) is 4. The molecule has 1 aliphatic rings. The van der Waals surface area contributed by atoms with Crippen molar-refractivity contribution in [2.75, 3.05) is 26.3 Å². The molecular weight excluding hydrogens is 234 g/mol. The smallest absolute Gasteiger partial charge is 0.254 e. The Kier molecular flexibility index (Phi) is 3.78. The molecule has 0 saturated carbocycles. The summed E-state index contributed by atoms with van der Waals surface area (Å²) in [6.45, 7) is 1.83. The highest BCUT2D eigenvalue weighted by atomic mass is 16.5. The van der Waals surface area contributed by atoms with Crippen molar-refractivity contribution in [3.8, 4) is 0 Å². The normalized spacial score (nSPS) is 19.9. The number of nitrogens with zero attached hydrogens (tertiary/aromatic N) is 2. The lowest BCUT2D eigenvalue weighted by Crippen LogP contribution is -2.52. The number of hydrogen-bond donors (Lipinski definition) is 1. The van der Waals surface area contributed by atoms with Gasteiger partial charge in [0, 0.05) is 38.0 Å². The maximum atomic E-state index is 12.3. The second-order valence-corrected chi connectivity index (χ2v) is 4.33. The van der Waals surface area contributed by atoms with Crippen molar-refractivity contribution in [3.05, 3.63) is 34.2 Å². The van der Waals surface area contributed by atoms with E-state index in [4.69, 9.17) is 10.5 Å². The third kappa shape index (κ3) is 2.44. The van der Waals surface area contributed by atoms with Crippen LogP contribution in [0.2, 0.25) is 0 Å². The lowest BCUT2D eigenvalue weighted by molar-refractivity contribution is 0.000823. The third-order valence-electron chi connectivity index (χ3n) is 3.11. The van der Waals surface area contributed by atoms with Crippen LogP contribution in [0.15, 0.2) is 23.1 Å². The van der Waals surface area contributed by atoms with Gasteiger partial charge >= 0.3 is 0 Å². The van der Waals surface area contributed by atoms with Crippen LogP contribution >= 0.6 is 0 Å². The van der Waals surface area contributed by atoms with E-state index in [1.807, 2.05) is 0 Å². The van der Waals surface area contributed by atoms with Crippen molar-refractivity contribution >= 4 is 5.91 Å². The van der Waals surface area contributed by atoms with E-state index in [1.54, 1.807) is 24.2 Å². The van der Waals surface area contributed by atoms with E-state index >= 15 is 0 Å². The van der Waals surface area contributed by atoms with Gasteiger partial charge in [-0.15, -0.1) is 0 Å². The molecule has 0 radical (unpaired) electrons. The number of amides is 1. The maximum Gasteiger partial charge on any atom is 0.254 e. The molecule has 1 saturated heterocycles. The molecule has 18 heavy (non-hydrogen) atoms. The Labute approximate surface area is 105 Å². The largest absolute Gasteiger partial charge is 0.377 e. The fraction of sp³-hybridized carbons (Fsp3) is 0.500. The lowest BCUT2D eigenvalue weighted by Gasteiger charge is -2.34. The minimum atomic E-state index is -0.196. The quantitative estimate of drug-likeness (QED) is 0.745. The number of nitrogens with two attached hydrogens (primary N) is 1. The molecule has 2 N–H and O–H groups in total. The molecule has 1 fully saturated rings. The van der Waals surface area contributed by atoms with Gasteiger partial charge in [-0.1, -0.05) is 0 Å². The van der Waals surface area contributed by atoms with Gasteiger partial charge in [0.1, 0.15) is 0 Å². The van der Waals surface area contributed by atoms with Gasteiger partial charge in [-0.3, -0.25) is 9.59 Å². The van der Waals surface area contributed by atoms with Crippen LogP contribution in [0.5, 0.6) is 0 Å². The SMILES string of the molecule is Cn1ccc(C(=O)N2CCOCC2CN)cc1=O. The summed E-state index contributed by atoms with van der Waals surface area (Å²) in [5, 5.41) is 0. The van der Waals surface area contributed by atoms with E-state index < -0.39 is 0 Å². The van der Waals surface area contributed by atoms with Gasteiger partial charge in [-0.25, -0.2) is 0 Å². The Morgan fingerprint density at radius 2 is 2.39 bits per heavy atom. The van der Waals surface area contributed by atoms with Crippen LogP contribution in [0.4, 0.5) is 0 Å². The number of aromatic nitrogens is 1. The van der Waals surface area contributed by atoms with Crippen LogP contribution in [-0.4, -0.2) is 47.7 Å². The van der Waals surface area contributed by atoms with Gasteiger partial charge in [-0.05, 0) is 6.07 Å². The topological polar surface area (TPSA) is 77.6 Å². The van der Waals surface area contributed by atoms with Gasteiger partial charge in [0.15, 0.2) is 0 Å². The van der Waals surface area contributed by atoms with E-state index in [-0.39, 0.29) is 17.5 Å². The van der Waals surface area contributed by atoms with Crippen LogP contribution < -0.4 is 11.3 Å². The Morgan fingerprint density at radius 3 is 3.06 bits per heavy atom. The second-order valence-electron chi connectivity index (χ2n) is 4.33. The molecule has 0 spiro atoms. The summed E-state index contributed by atoms with van der Waals surface area (Å²) >= 11 is 0. The molecule has 1 unspecified atom stereocenters. The van der Waals surface area contributed by atoms with Gasteiger partial charge in [0.2, 0.25) is 0 Å². The molecule has 6 heteroatoms. The van der Waals surface area contributed by atoms with Crippen molar-refractivity contribution in [2.45, 2.75) is 6.04 Å². The zero-order valence-corrected chi connectivity index (χ0v) is 10.3. The molecule has 1 aliphatic heterocycles. The Morgan fingerprint density at radius 1 is 1.61 bits per heavy atom. The lowest BCUT2D eigenvalue weighted by atomic mass is 10.1. The number of aryl methyl sites for hydroxylation is 1. The summed E-state index contributed by atoms with van der Waals surface area (Å²) < 4.78 is 6.72. The summed E-state index contributed by atoms with van der Waals surface area (Å²) in [7, 11) is 1.65. The molecule has 1 aromatic rings. The molecule has 1 aromatic heterocycles. The van der Waals surface area contributed by atoms with Gasteiger partial charge in [-0.2, -0.15) is 0 Å². The predicted octanol–water partition coefficient (Wildman–Crippen LogP) is -0.815. The average Bonchev–Trinajstić information content (AvgIpc) is 2.41. The third-order valence-corrected chi connectivity index (χ3v) is 3.11. The zero-order chi connectivity index (χ0) is 13.1. The molecule has 2 rings (SSSR count). The molecule has 0 aliphatic carbocycles. The molecule has 6 nitrogen and oxygen atoms in total. The van der Waals surface area contributed by atoms with Crippen molar-refractivity contribution < 1.29 is 9.53 Å². The van der Waals surface area contributed by atoms with E-state index in [2.05, 4.69) is 0 Å². The van der Waals surface area contributed by atoms with Gasteiger partial charge < -0.3 is 19.9 Å². The second kappa shape index (κ2) is 5.32. The Hall–Kier alpha value is -1.66. The van der Waals surface area contributed by atoms with Crippen LogP contribution in [-0.2, 0) is 11.8 Å². The highest BCUT2D eigenvalue weighted by Crippen LogP contribution is 2.10. The summed E-state index contributed by atoms with van der Waals surface area (Å²) in [5.41, 5.74) is 5.83. The number of rotatable bonds is 2. The standard InChI is InChI=1S/C12H17N3O3/c1-14-3-2-9(6-11(14)16)12(17)15-4-5-18-8-10(15)7-13/h2-3,6,10H,4-5,7-8,13H2,1H3. The van der Waals surface area contributed by atoms with Crippen molar-refractivity contribution in [1.82, 2.24) is 9.47 Å². The number of pyridine rings is 1.